The van der Waals surface area contributed by atoms with Crippen molar-refractivity contribution in [3.8, 4) is 0 Å². The Morgan fingerprint density at radius 2 is 0.804 bits per heavy atom. The van der Waals surface area contributed by atoms with Crippen molar-refractivity contribution in [3.05, 3.63) is 179 Å². The van der Waals surface area contributed by atoms with Gasteiger partial charge in [0.05, 0.1) is 6.10 Å². The molecule has 0 bridgehead atoms. The van der Waals surface area contributed by atoms with Crippen LogP contribution in [0.15, 0.2) is 146 Å². The number of methoxy groups -OCH3 is 2. The van der Waals surface area contributed by atoms with Crippen molar-refractivity contribution in [1.29, 1.82) is 0 Å². The van der Waals surface area contributed by atoms with Crippen molar-refractivity contribution < 1.29 is 9.47 Å². The summed E-state index contributed by atoms with van der Waals surface area (Å²) < 4.78 is 9.83. The summed E-state index contributed by atoms with van der Waals surface area (Å²) in [5.41, 5.74) is 15.4. The Balaban J connectivity index is 0.000000192. The summed E-state index contributed by atoms with van der Waals surface area (Å²) in [5.74, 6) is 0.679. The quantitative estimate of drug-likeness (QED) is 0.155. The van der Waals surface area contributed by atoms with Gasteiger partial charge in [-0.2, -0.15) is 0 Å². The Bertz CT molecular complexity index is 2030. The first-order chi connectivity index (χ1) is 27.1. The normalized spacial score (nSPS) is 17.2. The second-order valence-electron chi connectivity index (χ2n) is 15.5. The molecule has 8 rings (SSSR count). The second kappa shape index (κ2) is 19.6. The zero-order valence-corrected chi connectivity index (χ0v) is 35.3. The van der Waals surface area contributed by atoms with Crippen molar-refractivity contribution >= 4 is 34.1 Å². The lowest BCUT2D eigenvalue weighted by molar-refractivity contribution is 0.164. The van der Waals surface area contributed by atoms with Gasteiger partial charge in [-0.25, -0.2) is 0 Å². The molecule has 2 aliphatic rings. The van der Waals surface area contributed by atoms with Crippen LogP contribution in [0.2, 0.25) is 0 Å². The summed E-state index contributed by atoms with van der Waals surface area (Å²) in [7, 11) is 5.10. The summed E-state index contributed by atoms with van der Waals surface area (Å²) in [6.07, 6.45) is 4.24. The number of aryl methyl sites for hydroxylation is 5. The minimum absolute atomic E-state index is 0.461. The molecule has 3 atom stereocenters. The third-order valence-corrected chi connectivity index (χ3v) is 10.3. The Kier molecular flexibility index (Phi) is 14.7. The van der Waals surface area contributed by atoms with Crippen LogP contribution in [-0.2, 0) is 9.47 Å². The first kappa shape index (κ1) is 42.0. The maximum Gasteiger partial charge on any atom is 0.0641 e. The highest BCUT2D eigenvalue weighted by molar-refractivity contribution is 5.78. The number of anilines is 6. The molecule has 0 amide bonds. The molecular formula is C52H62N2O2. The van der Waals surface area contributed by atoms with Crippen LogP contribution >= 0.6 is 0 Å². The van der Waals surface area contributed by atoms with Gasteiger partial charge in [-0.15, -0.1) is 0 Å². The van der Waals surface area contributed by atoms with Gasteiger partial charge in [0, 0.05) is 60.9 Å². The summed E-state index contributed by atoms with van der Waals surface area (Å²) in [6.45, 7) is 14.9. The molecule has 1 spiro atoms. The molecule has 0 aliphatic heterocycles. The van der Waals surface area contributed by atoms with Gasteiger partial charge >= 0.3 is 0 Å². The molecule has 4 nitrogen and oxygen atoms in total. The fourth-order valence-corrected chi connectivity index (χ4v) is 7.47. The van der Waals surface area contributed by atoms with Crippen LogP contribution in [0.1, 0.15) is 72.4 Å². The first-order valence-corrected chi connectivity index (χ1v) is 20.0. The molecule has 292 valence electrons. The minimum atomic E-state index is 0.461. The molecule has 2 saturated carbocycles. The van der Waals surface area contributed by atoms with Gasteiger partial charge in [0.2, 0.25) is 0 Å². The van der Waals surface area contributed by atoms with E-state index >= 15 is 0 Å². The highest BCUT2D eigenvalue weighted by Crippen LogP contribution is 2.75. The van der Waals surface area contributed by atoms with E-state index in [1.807, 2.05) is 7.11 Å². The van der Waals surface area contributed by atoms with E-state index in [-0.39, 0.29) is 0 Å². The number of hydrogen-bond acceptors (Lipinski definition) is 4. The van der Waals surface area contributed by atoms with E-state index < -0.39 is 0 Å². The Labute approximate surface area is 337 Å². The van der Waals surface area contributed by atoms with Crippen LogP contribution < -0.4 is 9.80 Å². The molecule has 0 radical (unpaired) electrons. The molecule has 2 fully saturated rings. The van der Waals surface area contributed by atoms with Crippen molar-refractivity contribution in [3.63, 3.8) is 0 Å². The Morgan fingerprint density at radius 3 is 1.11 bits per heavy atom. The van der Waals surface area contributed by atoms with E-state index in [1.165, 1.54) is 86.8 Å². The molecule has 2 aliphatic carbocycles. The van der Waals surface area contributed by atoms with Crippen LogP contribution in [0.3, 0.4) is 0 Å². The van der Waals surface area contributed by atoms with E-state index in [1.54, 1.807) is 14.2 Å². The number of ether oxygens (including phenoxy) is 2. The van der Waals surface area contributed by atoms with Crippen molar-refractivity contribution in [2.75, 3.05) is 31.1 Å². The number of nitrogens with zero attached hydrogens (tertiary/aromatic N) is 2. The SMILES string of the molecule is CCC.COC.COC1CC12CC2c1ccc(N(c2cccc(C)c2)c2cccc(C)c2)cc1.Cc1ccc(N(c2cccc(C)c2)c2cccc(C)c2)cc1. The van der Waals surface area contributed by atoms with E-state index in [4.69, 9.17) is 4.74 Å². The number of hydrogen-bond donors (Lipinski definition) is 0. The molecule has 0 saturated heterocycles. The monoisotopic (exact) mass is 746 g/mol. The molecule has 3 unspecified atom stereocenters. The molecule has 6 aromatic rings. The third kappa shape index (κ3) is 10.6. The average molecular weight is 747 g/mol. The van der Waals surface area contributed by atoms with Gasteiger partial charge in [0.1, 0.15) is 0 Å². The van der Waals surface area contributed by atoms with Gasteiger partial charge in [-0.1, -0.05) is 98.6 Å². The van der Waals surface area contributed by atoms with Gasteiger partial charge < -0.3 is 19.3 Å². The van der Waals surface area contributed by atoms with E-state index in [0.717, 1.165) is 0 Å². The zero-order chi connectivity index (χ0) is 40.2. The standard InChI is InChI=1S/C26H27NO.C21H21N.C3H8.C2H6O/c1-18-6-4-8-22(14-18)27(23-9-5-7-19(2)15-23)21-12-10-20(11-13-21)24-16-26(24)17-25(26)28-3;1-16-10-12-19(13-11-16)22(20-8-4-6-17(2)14-20)21-9-5-7-18(3)15-21;2*1-3-2/h4-15,24-25H,16-17H2,1-3H3;4-15H,1-3H3;3H2,1-2H3;1-2H3. The van der Waals surface area contributed by atoms with Crippen LogP contribution in [0.4, 0.5) is 34.1 Å². The summed E-state index contributed by atoms with van der Waals surface area (Å²) in [5, 5.41) is 0. The van der Waals surface area contributed by atoms with Crippen LogP contribution in [0.5, 0.6) is 0 Å². The largest absolute Gasteiger partial charge is 0.388 e. The van der Waals surface area contributed by atoms with E-state index in [9.17, 15) is 0 Å². The predicted molar refractivity (Wildman–Crippen MR) is 240 cm³/mol. The van der Waals surface area contributed by atoms with Gasteiger partial charge in [0.25, 0.3) is 0 Å². The van der Waals surface area contributed by atoms with Crippen LogP contribution in [-0.4, -0.2) is 27.4 Å². The van der Waals surface area contributed by atoms with E-state index in [0.29, 0.717) is 17.4 Å². The fourth-order valence-electron chi connectivity index (χ4n) is 7.47. The van der Waals surface area contributed by atoms with Crippen molar-refractivity contribution in [1.82, 2.24) is 0 Å². The summed E-state index contributed by atoms with van der Waals surface area (Å²) >= 11 is 0. The average Bonchev–Trinajstić information content (AvgIpc) is 4.10. The topological polar surface area (TPSA) is 24.9 Å². The maximum atomic E-state index is 5.58. The van der Waals surface area contributed by atoms with Gasteiger partial charge in [0.15, 0.2) is 0 Å². The molecule has 6 aromatic carbocycles. The summed E-state index contributed by atoms with van der Waals surface area (Å²) in [6, 6.07) is 52.6. The van der Waals surface area contributed by atoms with Crippen LogP contribution in [0, 0.1) is 40.0 Å². The van der Waals surface area contributed by atoms with Crippen molar-refractivity contribution in [2.24, 2.45) is 5.41 Å². The summed E-state index contributed by atoms with van der Waals surface area (Å²) in [4.78, 5) is 4.65. The second-order valence-corrected chi connectivity index (χ2v) is 15.5. The fraction of sp³-hybridized carbons (Fsp3) is 0.308. The maximum absolute atomic E-state index is 5.58. The highest BCUT2D eigenvalue weighted by Gasteiger charge is 2.71. The Morgan fingerprint density at radius 1 is 0.464 bits per heavy atom. The Hall–Kier alpha value is -5.16. The highest BCUT2D eigenvalue weighted by atomic mass is 16.5. The third-order valence-electron chi connectivity index (χ3n) is 10.3. The first-order valence-electron chi connectivity index (χ1n) is 20.0. The van der Waals surface area contributed by atoms with Crippen molar-refractivity contribution in [2.45, 2.75) is 79.8 Å². The minimum Gasteiger partial charge on any atom is -0.388 e. The predicted octanol–water partition coefficient (Wildman–Crippen LogP) is 14.4. The van der Waals surface area contributed by atoms with Crippen LogP contribution in [0.25, 0.3) is 0 Å². The van der Waals surface area contributed by atoms with Gasteiger partial charge in [-0.05, 0) is 154 Å². The molecule has 4 heteroatoms. The lowest BCUT2D eigenvalue weighted by Crippen LogP contribution is -2.10. The molecule has 0 heterocycles. The lowest BCUT2D eigenvalue weighted by Gasteiger charge is -2.26. The number of rotatable bonds is 8. The molecule has 0 N–H and O–H groups in total. The lowest BCUT2D eigenvalue weighted by atomic mass is 10.1. The van der Waals surface area contributed by atoms with E-state index in [2.05, 4.69) is 209 Å². The zero-order valence-electron chi connectivity index (χ0n) is 35.3. The molecule has 0 aromatic heterocycles. The molecule has 56 heavy (non-hydrogen) atoms. The molecular weight excluding hydrogens is 685 g/mol. The number of benzene rings is 6. The smallest absolute Gasteiger partial charge is 0.0641 e. The van der Waals surface area contributed by atoms with Gasteiger partial charge in [-0.3, -0.25) is 0 Å².